The average molecular weight is 244 g/mol. The fraction of sp³-hybridized carbons (Fsp3) is 0.222. The van der Waals surface area contributed by atoms with Crippen LogP contribution in [0.15, 0.2) is 6.07 Å². The van der Waals surface area contributed by atoms with Crippen molar-refractivity contribution in [1.82, 2.24) is 15.2 Å². The molecule has 0 saturated carbocycles. The molecule has 15 heavy (non-hydrogen) atoms. The SMILES string of the molecule is COc1nc2c(C)nnc(Cl)c2cc1Cl. The normalized spacial score (nSPS) is 10.7. The summed E-state index contributed by atoms with van der Waals surface area (Å²) in [7, 11) is 1.51. The van der Waals surface area contributed by atoms with Gasteiger partial charge in [0.15, 0.2) is 5.15 Å². The van der Waals surface area contributed by atoms with Gasteiger partial charge in [0.05, 0.1) is 12.8 Å². The van der Waals surface area contributed by atoms with Crippen molar-refractivity contribution in [3.8, 4) is 5.88 Å². The molecular formula is C9H7Cl2N3O. The van der Waals surface area contributed by atoms with Gasteiger partial charge in [-0.2, -0.15) is 5.10 Å². The minimum absolute atomic E-state index is 0.285. The predicted molar refractivity (Wildman–Crippen MR) is 58.6 cm³/mol. The number of ether oxygens (including phenoxy) is 1. The Bertz CT molecular complexity index is 530. The molecule has 0 bridgehead atoms. The van der Waals surface area contributed by atoms with Crippen LogP contribution in [0.3, 0.4) is 0 Å². The Morgan fingerprint density at radius 1 is 1.27 bits per heavy atom. The summed E-state index contributed by atoms with van der Waals surface area (Å²) in [4.78, 5) is 4.21. The lowest BCUT2D eigenvalue weighted by molar-refractivity contribution is 0.400. The van der Waals surface area contributed by atoms with Crippen LogP contribution < -0.4 is 4.74 Å². The zero-order valence-corrected chi connectivity index (χ0v) is 9.60. The van der Waals surface area contributed by atoms with E-state index < -0.39 is 0 Å². The molecule has 0 aliphatic carbocycles. The average Bonchev–Trinajstić information content (AvgIpc) is 2.23. The molecular weight excluding hydrogens is 237 g/mol. The fourth-order valence-corrected chi connectivity index (χ4v) is 1.68. The van der Waals surface area contributed by atoms with Crippen LogP contribution in [-0.2, 0) is 0 Å². The van der Waals surface area contributed by atoms with Crippen molar-refractivity contribution >= 4 is 34.1 Å². The first-order valence-corrected chi connectivity index (χ1v) is 4.92. The van der Waals surface area contributed by atoms with Gasteiger partial charge in [0.25, 0.3) is 0 Å². The monoisotopic (exact) mass is 243 g/mol. The van der Waals surface area contributed by atoms with E-state index in [0.29, 0.717) is 27.5 Å². The highest BCUT2D eigenvalue weighted by molar-refractivity contribution is 6.36. The van der Waals surface area contributed by atoms with Crippen molar-refractivity contribution in [2.75, 3.05) is 7.11 Å². The zero-order chi connectivity index (χ0) is 11.0. The zero-order valence-electron chi connectivity index (χ0n) is 8.08. The molecule has 0 N–H and O–H groups in total. The summed E-state index contributed by atoms with van der Waals surface area (Å²) < 4.78 is 5.01. The summed E-state index contributed by atoms with van der Waals surface area (Å²) in [6.45, 7) is 1.80. The lowest BCUT2D eigenvalue weighted by Gasteiger charge is -2.05. The Kier molecular flexibility index (Phi) is 2.63. The maximum Gasteiger partial charge on any atom is 0.232 e. The highest BCUT2D eigenvalue weighted by Gasteiger charge is 2.11. The maximum absolute atomic E-state index is 5.93. The number of aryl methyl sites for hydroxylation is 1. The smallest absolute Gasteiger partial charge is 0.232 e. The third-order valence-electron chi connectivity index (χ3n) is 1.99. The number of nitrogens with zero attached hydrogens (tertiary/aromatic N) is 3. The molecule has 0 aromatic carbocycles. The Balaban J connectivity index is 2.86. The Morgan fingerprint density at radius 3 is 2.67 bits per heavy atom. The fourth-order valence-electron chi connectivity index (χ4n) is 1.27. The van der Waals surface area contributed by atoms with Gasteiger partial charge < -0.3 is 4.74 Å². The van der Waals surface area contributed by atoms with Crippen molar-refractivity contribution in [2.45, 2.75) is 6.92 Å². The Hall–Kier alpha value is -1.13. The van der Waals surface area contributed by atoms with Gasteiger partial charge >= 0.3 is 0 Å². The lowest BCUT2D eigenvalue weighted by atomic mass is 10.2. The van der Waals surface area contributed by atoms with Crippen LogP contribution in [0.25, 0.3) is 10.9 Å². The second-order valence-electron chi connectivity index (χ2n) is 2.95. The molecule has 0 atom stereocenters. The van der Waals surface area contributed by atoms with Crippen LogP contribution in [0, 0.1) is 6.92 Å². The Labute approximate surface area is 96.2 Å². The highest BCUT2D eigenvalue weighted by Crippen LogP contribution is 2.29. The molecule has 0 fully saturated rings. The second kappa shape index (κ2) is 3.79. The minimum Gasteiger partial charge on any atom is -0.480 e. The minimum atomic E-state index is 0.285. The maximum atomic E-state index is 5.93. The van der Waals surface area contributed by atoms with Crippen LogP contribution in [-0.4, -0.2) is 22.3 Å². The van der Waals surface area contributed by atoms with Gasteiger partial charge in [0, 0.05) is 5.39 Å². The van der Waals surface area contributed by atoms with Crippen LogP contribution in [0.1, 0.15) is 5.69 Å². The van der Waals surface area contributed by atoms with E-state index in [1.165, 1.54) is 7.11 Å². The van der Waals surface area contributed by atoms with Gasteiger partial charge in [-0.3, -0.25) is 0 Å². The topological polar surface area (TPSA) is 47.9 Å². The summed E-state index contributed by atoms with van der Waals surface area (Å²) in [5.74, 6) is 0.358. The first-order valence-electron chi connectivity index (χ1n) is 4.16. The first kappa shape index (κ1) is 10.4. The number of pyridine rings is 1. The van der Waals surface area contributed by atoms with Crippen molar-refractivity contribution in [2.24, 2.45) is 0 Å². The molecule has 2 heterocycles. The van der Waals surface area contributed by atoms with Gasteiger partial charge in [-0.15, -0.1) is 5.10 Å². The van der Waals surface area contributed by atoms with Crippen LogP contribution in [0.2, 0.25) is 10.2 Å². The molecule has 0 aliphatic rings. The summed E-state index contributed by atoms with van der Waals surface area (Å²) in [6.07, 6.45) is 0. The molecule has 0 spiro atoms. The van der Waals surface area contributed by atoms with E-state index in [4.69, 9.17) is 27.9 Å². The van der Waals surface area contributed by atoms with Crippen molar-refractivity contribution in [1.29, 1.82) is 0 Å². The number of fused-ring (bicyclic) bond motifs is 1. The summed E-state index contributed by atoms with van der Waals surface area (Å²) in [5, 5.41) is 9.01. The van der Waals surface area contributed by atoms with E-state index in [1.54, 1.807) is 13.0 Å². The molecule has 0 unspecified atom stereocenters. The summed E-state index contributed by atoms with van der Waals surface area (Å²) >= 11 is 11.8. The second-order valence-corrected chi connectivity index (χ2v) is 3.72. The van der Waals surface area contributed by atoms with Crippen LogP contribution in [0.5, 0.6) is 5.88 Å². The molecule has 0 aliphatic heterocycles. The largest absolute Gasteiger partial charge is 0.480 e. The van der Waals surface area contributed by atoms with Gasteiger partial charge in [0.2, 0.25) is 5.88 Å². The lowest BCUT2D eigenvalue weighted by Crippen LogP contribution is -1.95. The van der Waals surface area contributed by atoms with Crippen molar-refractivity contribution in [3.63, 3.8) is 0 Å². The summed E-state index contributed by atoms with van der Waals surface area (Å²) in [6, 6.07) is 1.67. The third kappa shape index (κ3) is 1.70. The highest BCUT2D eigenvalue weighted by atomic mass is 35.5. The van der Waals surface area contributed by atoms with Gasteiger partial charge in [-0.1, -0.05) is 23.2 Å². The van der Waals surface area contributed by atoms with Gasteiger partial charge in [0.1, 0.15) is 10.5 Å². The number of rotatable bonds is 1. The van der Waals surface area contributed by atoms with Crippen LogP contribution >= 0.6 is 23.2 Å². The molecule has 6 heteroatoms. The number of methoxy groups -OCH3 is 1. The van der Waals surface area contributed by atoms with E-state index in [0.717, 1.165) is 0 Å². The molecule has 0 amide bonds. The third-order valence-corrected chi connectivity index (χ3v) is 2.54. The number of hydrogen-bond acceptors (Lipinski definition) is 4. The van der Waals surface area contributed by atoms with Crippen LogP contribution in [0.4, 0.5) is 0 Å². The quantitative estimate of drug-likeness (QED) is 0.773. The predicted octanol–water partition coefficient (Wildman–Crippen LogP) is 2.65. The number of hydrogen-bond donors (Lipinski definition) is 0. The standard InChI is InChI=1S/C9H7Cl2N3O/c1-4-7-5(8(11)14-13-4)3-6(10)9(12-7)15-2/h3H,1-2H3. The molecule has 2 rings (SSSR count). The van der Waals surface area contributed by atoms with Crippen molar-refractivity contribution in [3.05, 3.63) is 21.9 Å². The molecule has 2 aromatic rings. The van der Waals surface area contributed by atoms with E-state index in [-0.39, 0.29) is 5.15 Å². The number of aromatic nitrogens is 3. The molecule has 78 valence electrons. The molecule has 0 saturated heterocycles. The van der Waals surface area contributed by atoms with Crippen molar-refractivity contribution < 1.29 is 4.74 Å². The van der Waals surface area contributed by atoms with Gasteiger partial charge in [-0.25, -0.2) is 4.98 Å². The number of halogens is 2. The first-order chi connectivity index (χ1) is 7.13. The van der Waals surface area contributed by atoms with E-state index >= 15 is 0 Å². The molecule has 2 aromatic heterocycles. The molecule has 0 radical (unpaired) electrons. The Morgan fingerprint density at radius 2 is 2.00 bits per heavy atom. The van der Waals surface area contributed by atoms with E-state index in [9.17, 15) is 0 Å². The van der Waals surface area contributed by atoms with E-state index in [2.05, 4.69) is 15.2 Å². The summed E-state index contributed by atoms with van der Waals surface area (Å²) in [5.41, 5.74) is 1.33. The molecule has 4 nitrogen and oxygen atoms in total. The van der Waals surface area contributed by atoms with E-state index in [1.807, 2.05) is 0 Å². The van der Waals surface area contributed by atoms with Gasteiger partial charge in [-0.05, 0) is 13.0 Å².